The van der Waals surface area contributed by atoms with Crippen molar-refractivity contribution in [3.05, 3.63) is 48.0 Å². The second-order valence-corrected chi connectivity index (χ2v) is 7.04. The Labute approximate surface area is 179 Å². The Kier molecular flexibility index (Phi) is 5.83. The molecule has 1 N–H and O–H groups in total. The van der Waals surface area contributed by atoms with E-state index in [1.54, 1.807) is 39.5 Å². The normalized spacial score (nSPS) is 13.3. The van der Waals surface area contributed by atoms with E-state index in [0.717, 1.165) is 29.8 Å². The number of hydrogen-bond donors (Lipinski definition) is 1. The van der Waals surface area contributed by atoms with Crippen LogP contribution in [0.15, 0.2) is 42.5 Å². The van der Waals surface area contributed by atoms with Crippen LogP contribution in [0.25, 0.3) is 17.5 Å². The molecule has 0 unspecified atom stereocenters. The number of carbonyl (C=O) groups excluding carboxylic acids is 1. The zero-order chi connectivity index (χ0) is 21.8. The molecule has 3 aromatic rings. The Morgan fingerprint density at radius 3 is 2.32 bits per heavy atom. The van der Waals surface area contributed by atoms with E-state index < -0.39 is 0 Å². The van der Waals surface area contributed by atoms with Crippen molar-refractivity contribution in [3.63, 3.8) is 0 Å². The summed E-state index contributed by atoms with van der Waals surface area (Å²) in [6.45, 7) is 0. The number of anilines is 1. The third-order valence-electron chi connectivity index (χ3n) is 4.91. The Bertz CT molecular complexity index is 1080. The lowest BCUT2D eigenvalue weighted by molar-refractivity contribution is -0.111. The number of benzene rings is 2. The lowest BCUT2D eigenvalue weighted by Gasteiger charge is -2.12. The minimum absolute atomic E-state index is 0.260. The van der Waals surface area contributed by atoms with Crippen LogP contribution in [0.2, 0.25) is 0 Å². The van der Waals surface area contributed by atoms with Gasteiger partial charge in [-0.15, -0.1) is 5.10 Å². The maximum Gasteiger partial charge on any atom is 0.248 e. The van der Waals surface area contributed by atoms with Crippen molar-refractivity contribution in [2.45, 2.75) is 18.9 Å². The monoisotopic (exact) mass is 421 g/mol. The van der Waals surface area contributed by atoms with Crippen LogP contribution in [-0.2, 0) is 4.79 Å². The Morgan fingerprint density at radius 1 is 1.06 bits per heavy atom. The quantitative estimate of drug-likeness (QED) is 0.557. The maximum atomic E-state index is 12.4. The van der Waals surface area contributed by atoms with Gasteiger partial charge in [0.15, 0.2) is 17.3 Å². The van der Waals surface area contributed by atoms with E-state index in [1.807, 2.05) is 28.9 Å². The van der Waals surface area contributed by atoms with Crippen LogP contribution in [0.4, 0.5) is 5.69 Å². The number of rotatable bonds is 8. The van der Waals surface area contributed by atoms with Gasteiger partial charge in [0.05, 0.1) is 27.4 Å². The molecule has 1 aromatic heterocycles. The largest absolute Gasteiger partial charge is 0.493 e. The fourth-order valence-corrected chi connectivity index (χ4v) is 3.20. The van der Waals surface area contributed by atoms with Crippen LogP contribution < -0.4 is 19.5 Å². The summed E-state index contributed by atoms with van der Waals surface area (Å²) in [7, 11) is 4.63. The molecule has 1 saturated carbocycles. The van der Waals surface area contributed by atoms with E-state index >= 15 is 0 Å². The molecule has 0 saturated heterocycles. The minimum Gasteiger partial charge on any atom is -0.493 e. The molecule has 160 valence electrons. The van der Waals surface area contributed by atoms with Gasteiger partial charge in [0.2, 0.25) is 11.7 Å². The number of amides is 1. The molecular weight excluding hydrogens is 398 g/mol. The van der Waals surface area contributed by atoms with Crippen LogP contribution >= 0.6 is 0 Å². The van der Waals surface area contributed by atoms with Gasteiger partial charge < -0.3 is 19.5 Å². The third-order valence-corrected chi connectivity index (χ3v) is 4.91. The van der Waals surface area contributed by atoms with Gasteiger partial charge in [-0.25, -0.2) is 4.68 Å². The Morgan fingerprint density at radius 2 is 1.74 bits per heavy atom. The summed E-state index contributed by atoms with van der Waals surface area (Å²) in [5, 5.41) is 14.8. The predicted octanol–water partition coefficient (Wildman–Crippen LogP) is 3.35. The molecular formula is C22H23N5O4. The summed E-state index contributed by atoms with van der Waals surface area (Å²) in [5.74, 6) is 2.02. The number of nitrogens with zero attached hydrogens (tertiary/aromatic N) is 4. The number of carbonyl (C=O) groups is 1. The second-order valence-electron chi connectivity index (χ2n) is 7.04. The van der Waals surface area contributed by atoms with E-state index in [2.05, 4.69) is 20.8 Å². The van der Waals surface area contributed by atoms with Crippen molar-refractivity contribution in [2.75, 3.05) is 26.6 Å². The van der Waals surface area contributed by atoms with Crippen molar-refractivity contribution in [2.24, 2.45) is 0 Å². The number of nitrogens with one attached hydrogen (secondary N) is 1. The smallest absolute Gasteiger partial charge is 0.248 e. The van der Waals surface area contributed by atoms with Crippen molar-refractivity contribution >= 4 is 17.7 Å². The van der Waals surface area contributed by atoms with Crippen LogP contribution in [-0.4, -0.2) is 47.4 Å². The van der Waals surface area contributed by atoms with Crippen molar-refractivity contribution in [1.82, 2.24) is 20.2 Å². The summed E-state index contributed by atoms with van der Waals surface area (Å²) in [4.78, 5) is 12.4. The topological polar surface area (TPSA) is 100 Å². The summed E-state index contributed by atoms with van der Waals surface area (Å²) in [5.41, 5.74) is 2.32. The highest BCUT2D eigenvalue weighted by Crippen LogP contribution is 2.38. The molecule has 1 aliphatic carbocycles. The number of tetrazole rings is 1. The van der Waals surface area contributed by atoms with Gasteiger partial charge in [-0.05, 0) is 71.3 Å². The van der Waals surface area contributed by atoms with Crippen LogP contribution in [0.3, 0.4) is 0 Å². The molecule has 0 bridgehead atoms. The lowest BCUT2D eigenvalue weighted by atomic mass is 10.1. The zero-order valence-corrected chi connectivity index (χ0v) is 17.5. The van der Waals surface area contributed by atoms with Gasteiger partial charge in [-0.2, -0.15) is 0 Å². The first-order chi connectivity index (χ1) is 15.1. The van der Waals surface area contributed by atoms with E-state index in [4.69, 9.17) is 14.2 Å². The zero-order valence-electron chi connectivity index (χ0n) is 17.5. The molecule has 9 nitrogen and oxygen atoms in total. The second kappa shape index (κ2) is 8.86. The Balaban J connectivity index is 1.44. The van der Waals surface area contributed by atoms with Crippen molar-refractivity contribution < 1.29 is 19.0 Å². The van der Waals surface area contributed by atoms with Gasteiger partial charge >= 0.3 is 0 Å². The van der Waals surface area contributed by atoms with Gasteiger partial charge in [-0.1, -0.05) is 0 Å². The van der Waals surface area contributed by atoms with Gasteiger partial charge in [-0.3, -0.25) is 4.79 Å². The van der Waals surface area contributed by atoms with Crippen molar-refractivity contribution in [1.29, 1.82) is 0 Å². The molecule has 4 rings (SSSR count). The lowest BCUT2D eigenvalue weighted by Crippen LogP contribution is -2.07. The number of aromatic nitrogens is 4. The van der Waals surface area contributed by atoms with E-state index in [9.17, 15) is 4.79 Å². The van der Waals surface area contributed by atoms with Crippen LogP contribution in [0.5, 0.6) is 17.2 Å². The molecule has 1 heterocycles. The highest BCUT2D eigenvalue weighted by Gasteiger charge is 2.28. The van der Waals surface area contributed by atoms with E-state index in [0.29, 0.717) is 29.0 Å². The predicted molar refractivity (Wildman–Crippen MR) is 115 cm³/mol. The Hall–Kier alpha value is -3.88. The fraction of sp³-hybridized carbons (Fsp3) is 0.273. The van der Waals surface area contributed by atoms with Gasteiger partial charge in [0.25, 0.3) is 0 Å². The van der Waals surface area contributed by atoms with E-state index in [-0.39, 0.29) is 5.91 Å². The third kappa shape index (κ3) is 4.50. The van der Waals surface area contributed by atoms with Crippen LogP contribution in [0.1, 0.15) is 24.4 Å². The molecule has 1 amide bonds. The molecule has 0 atom stereocenters. The summed E-state index contributed by atoms with van der Waals surface area (Å²) >= 11 is 0. The highest BCUT2D eigenvalue weighted by atomic mass is 16.5. The maximum absolute atomic E-state index is 12.4. The molecule has 1 fully saturated rings. The average Bonchev–Trinajstić information content (AvgIpc) is 3.53. The fourth-order valence-electron chi connectivity index (χ4n) is 3.20. The SMILES string of the molecule is COc1cc(/C=C/C(=O)Nc2ccc(-c3nnnn3C3CC3)cc2)cc(OC)c1OC. The van der Waals surface area contributed by atoms with Crippen molar-refractivity contribution in [3.8, 4) is 28.6 Å². The molecule has 31 heavy (non-hydrogen) atoms. The first-order valence-electron chi connectivity index (χ1n) is 9.80. The summed E-state index contributed by atoms with van der Waals surface area (Å²) in [6.07, 6.45) is 5.33. The molecule has 0 spiro atoms. The van der Waals surface area contributed by atoms with Crippen LogP contribution in [0, 0.1) is 0 Å². The van der Waals surface area contributed by atoms with Gasteiger partial charge in [0, 0.05) is 17.3 Å². The molecule has 9 heteroatoms. The number of ether oxygens (including phenoxy) is 3. The average molecular weight is 421 g/mol. The first kappa shape index (κ1) is 20.4. The molecule has 1 aliphatic rings. The standard InChI is InChI=1S/C22H23N5O4/c1-29-18-12-14(13-19(30-2)21(18)31-3)4-11-20(28)23-16-7-5-15(6-8-16)22-24-25-26-27(22)17-9-10-17/h4-8,11-13,17H,9-10H2,1-3H3,(H,23,28)/b11-4+. The molecule has 2 aromatic carbocycles. The van der Waals surface area contributed by atoms with E-state index in [1.165, 1.54) is 6.08 Å². The van der Waals surface area contributed by atoms with Gasteiger partial charge in [0.1, 0.15) is 0 Å². The highest BCUT2D eigenvalue weighted by molar-refractivity contribution is 6.02. The summed E-state index contributed by atoms with van der Waals surface area (Å²) in [6, 6.07) is 11.4. The summed E-state index contributed by atoms with van der Waals surface area (Å²) < 4.78 is 17.8. The molecule has 0 aliphatic heterocycles. The minimum atomic E-state index is -0.260. The number of hydrogen-bond acceptors (Lipinski definition) is 7. The number of methoxy groups -OCH3 is 3. The first-order valence-corrected chi connectivity index (χ1v) is 9.80. The molecule has 0 radical (unpaired) electrons.